The number of rotatable bonds is 6. The monoisotopic (exact) mass is 345 g/mol. The molecule has 5 heteroatoms. The van der Waals surface area contributed by atoms with Crippen molar-refractivity contribution in [3.63, 3.8) is 0 Å². The van der Waals surface area contributed by atoms with Gasteiger partial charge < -0.3 is 14.6 Å². The summed E-state index contributed by atoms with van der Waals surface area (Å²) in [5.41, 5.74) is 1.95. The number of amides is 1. The van der Waals surface area contributed by atoms with Crippen LogP contribution in [0.15, 0.2) is 66.4 Å². The number of nitrogens with one attached hydrogen (secondary N) is 1. The molecule has 0 fully saturated rings. The Morgan fingerprint density at radius 3 is 2.65 bits per heavy atom. The Labute approximate surface area is 152 Å². The summed E-state index contributed by atoms with van der Waals surface area (Å²) in [6.07, 6.45) is 3.56. The number of benzene rings is 2. The van der Waals surface area contributed by atoms with E-state index in [1.165, 1.54) is 7.05 Å². The molecule has 0 atom stereocenters. The van der Waals surface area contributed by atoms with Gasteiger partial charge in [-0.3, -0.25) is 4.79 Å². The van der Waals surface area contributed by atoms with Crippen LogP contribution >= 0.6 is 0 Å². The molecule has 0 aliphatic heterocycles. The average molecular weight is 345 g/mol. The van der Waals surface area contributed by atoms with Crippen LogP contribution in [0.2, 0.25) is 0 Å². The van der Waals surface area contributed by atoms with Crippen molar-refractivity contribution >= 4 is 22.9 Å². The number of nitrogens with zero attached hydrogens (tertiary/aromatic N) is 2. The van der Waals surface area contributed by atoms with Crippen LogP contribution in [-0.2, 0) is 11.3 Å². The first kappa shape index (κ1) is 17.3. The number of aromatic nitrogens is 1. The van der Waals surface area contributed by atoms with Gasteiger partial charge in [0.05, 0.1) is 6.54 Å². The zero-order valence-electron chi connectivity index (χ0n) is 14.5. The Hall–Kier alpha value is -3.52. The smallest absolute Gasteiger partial charge is 0.261 e. The van der Waals surface area contributed by atoms with Crippen LogP contribution in [0.1, 0.15) is 5.56 Å². The van der Waals surface area contributed by atoms with Gasteiger partial charge in [0, 0.05) is 29.7 Å². The molecule has 1 amide bonds. The number of hydrogen-bond donors (Lipinski definition) is 1. The Kier molecular flexibility index (Phi) is 5.35. The van der Waals surface area contributed by atoms with Crippen molar-refractivity contribution in [1.82, 2.24) is 9.88 Å². The van der Waals surface area contributed by atoms with E-state index < -0.39 is 5.91 Å². The van der Waals surface area contributed by atoms with E-state index in [9.17, 15) is 10.1 Å². The Morgan fingerprint density at radius 1 is 1.19 bits per heavy atom. The maximum Gasteiger partial charge on any atom is 0.261 e. The van der Waals surface area contributed by atoms with Crippen molar-refractivity contribution < 1.29 is 9.53 Å². The average Bonchev–Trinajstić information content (AvgIpc) is 3.04. The third-order valence-electron chi connectivity index (χ3n) is 4.06. The molecule has 1 N–H and O–H groups in total. The Balaban J connectivity index is 1.86. The lowest BCUT2D eigenvalue weighted by Gasteiger charge is -2.08. The first-order valence-corrected chi connectivity index (χ1v) is 8.32. The SMILES string of the molecule is CNC(=O)C(C#N)=Cc1cn(CCOc2ccccc2)c2ccccc12. The second-order valence-corrected chi connectivity index (χ2v) is 5.71. The summed E-state index contributed by atoms with van der Waals surface area (Å²) in [6.45, 7) is 1.18. The lowest BCUT2D eigenvalue weighted by molar-refractivity contribution is -0.116. The van der Waals surface area contributed by atoms with Crippen molar-refractivity contribution in [2.24, 2.45) is 0 Å². The number of carbonyl (C=O) groups excluding carboxylic acids is 1. The quantitative estimate of drug-likeness (QED) is 0.550. The van der Waals surface area contributed by atoms with Gasteiger partial charge in [0.2, 0.25) is 0 Å². The standard InChI is InChI=1S/C21H19N3O2/c1-23-21(25)16(14-22)13-17-15-24(20-10-6-5-9-19(17)20)11-12-26-18-7-3-2-4-8-18/h2-10,13,15H,11-12H2,1H3,(H,23,25). The lowest BCUT2D eigenvalue weighted by Crippen LogP contribution is -2.19. The highest BCUT2D eigenvalue weighted by Gasteiger charge is 2.11. The lowest BCUT2D eigenvalue weighted by atomic mass is 10.1. The van der Waals surface area contributed by atoms with E-state index in [0.29, 0.717) is 13.2 Å². The molecule has 0 unspecified atom stereocenters. The Morgan fingerprint density at radius 2 is 1.92 bits per heavy atom. The van der Waals surface area contributed by atoms with Crippen molar-refractivity contribution in [2.75, 3.05) is 13.7 Å². The third kappa shape index (κ3) is 3.76. The van der Waals surface area contributed by atoms with Crippen LogP contribution in [0.3, 0.4) is 0 Å². The number of hydrogen-bond acceptors (Lipinski definition) is 3. The predicted octanol–water partition coefficient (Wildman–Crippen LogP) is 3.37. The van der Waals surface area contributed by atoms with E-state index in [1.807, 2.05) is 66.9 Å². The predicted molar refractivity (Wildman–Crippen MR) is 102 cm³/mol. The minimum atomic E-state index is -0.392. The van der Waals surface area contributed by atoms with Crippen LogP contribution in [0, 0.1) is 11.3 Å². The molecule has 0 saturated heterocycles. The molecular formula is C21H19N3O2. The summed E-state index contributed by atoms with van der Waals surface area (Å²) in [5.74, 6) is 0.437. The summed E-state index contributed by atoms with van der Waals surface area (Å²) >= 11 is 0. The van der Waals surface area contributed by atoms with Crippen LogP contribution in [0.4, 0.5) is 0 Å². The van der Waals surface area contributed by atoms with E-state index in [-0.39, 0.29) is 5.57 Å². The minimum absolute atomic E-state index is 0.0796. The Bertz CT molecular complexity index is 981. The molecule has 3 rings (SSSR count). The van der Waals surface area contributed by atoms with Crippen molar-refractivity contribution in [2.45, 2.75) is 6.54 Å². The fourth-order valence-corrected chi connectivity index (χ4v) is 2.79. The van der Waals surface area contributed by atoms with Crippen molar-refractivity contribution in [1.29, 1.82) is 5.26 Å². The van der Waals surface area contributed by atoms with Gasteiger partial charge in [-0.1, -0.05) is 36.4 Å². The normalized spacial score (nSPS) is 11.2. The molecule has 3 aromatic rings. The van der Waals surface area contributed by atoms with E-state index in [2.05, 4.69) is 9.88 Å². The van der Waals surface area contributed by atoms with Crippen LogP contribution in [0.25, 0.3) is 17.0 Å². The minimum Gasteiger partial charge on any atom is -0.492 e. The molecule has 0 aliphatic rings. The first-order valence-electron chi connectivity index (χ1n) is 8.32. The molecule has 0 bridgehead atoms. The van der Waals surface area contributed by atoms with Gasteiger partial charge >= 0.3 is 0 Å². The first-order chi connectivity index (χ1) is 12.7. The molecule has 0 radical (unpaired) electrons. The van der Waals surface area contributed by atoms with E-state index in [4.69, 9.17) is 4.74 Å². The van der Waals surface area contributed by atoms with Gasteiger partial charge in [-0.05, 0) is 24.3 Å². The molecular weight excluding hydrogens is 326 g/mol. The summed E-state index contributed by atoms with van der Waals surface area (Å²) in [6, 6.07) is 19.5. The fourth-order valence-electron chi connectivity index (χ4n) is 2.79. The van der Waals surface area contributed by atoms with Crippen molar-refractivity contribution in [3.05, 3.63) is 71.9 Å². The highest BCUT2D eigenvalue weighted by molar-refractivity contribution is 6.03. The summed E-state index contributed by atoms with van der Waals surface area (Å²) in [5, 5.41) is 12.7. The van der Waals surface area contributed by atoms with Gasteiger partial charge in [0.25, 0.3) is 5.91 Å². The molecule has 0 spiro atoms. The summed E-state index contributed by atoms with van der Waals surface area (Å²) in [4.78, 5) is 11.8. The number of para-hydroxylation sites is 2. The molecule has 130 valence electrons. The second kappa shape index (κ2) is 8.04. The summed E-state index contributed by atoms with van der Waals surface area (Å²) < 4.78 is 7.85. The number of nitriles is 1. The largest absolute Gasteiger partial charge is 0.492 e. The molecule has 0 saturated carbocycles. The van der Waals surface area contributed by atoms with Gasteiger partial charge in [0.1, 0.15) is 24.0 Å². The summed E-state index contributed by atoms with van der Waals surface area (Å²) in [7, 11) is 1.51. The van der Waals surface area contributed by atoms with Crippen LogP contribution in [0.5, 0.6) is 5.75 Å². The van der Waals surface area contributed by atoms with E-state index in [1.54, 1.807) is 6.08 Å². The number of fused-ring (bicyclic) bond motifs is 1. The zero-order valence-corrected chi connectivity index (χ0v) is 14.5. The molecule has 5 nitrogen and oxygen atoms in total. The van der Waals surface area contributed by atoms with Gasteiger partial charge in [-0.15, -0.1) is 0 Å². The van der Waals surface area contributed by atoms with E-state index in [0.717, 1.165) is 22.2 Å². The van der Waals surface area contributed by atoms with Gasteiger partial charge in [0.15, 0.2) is 0 Å². The van der Waals surface area contributed by atoms with E-state index >= 15 is 0 Å². The zero-order chi connectivity index (χ0) is 18.4. The highest BCUT2D eigenvalue weighted by Crippen LogP contribution is 2.23. The topological polar surface area (TPSA) is 67.0 Å². The third-order valence-corrected chi connectivity index (χ3v) is 4.06. The van der Waals surface area contributed by atoms with Gasteiger partial charge in [-0.25, -0.2) is 0 Å². The van der Waals surface area contributed by atoms with Gasteiger partial charge in [-0.2, -0.15) is 5.26 Å². The van der Waals surface area contributed by atoms with Crippen LogP contribution in [-0.4, -0.2) is 24.1 Å². The van der Waals surface area contributed by atoms with Crippen LogP contribution < -0.4 is 10.1 Å². The molecule has 1 aromatic heterocycles. The maximum atomic E-state index is 11.8. The molecule has 26 heavy (non-hydrogen) atoms. The highest BCUT2D eigenvalue weighted by atomic mass is 16.5. The van der Waals surface area contributed by atoms with Crippen molar-refractivity contribution in [3.8, 4) is 11.8 Å². The molecule has 2 aromatic carbocycles. The fraction of sp³-hybridized carbons (Fsp3) is 0.143. The number of carbonyl (C=O) groups is 1. The number of likely N-dealkylation sites (N-methyl/N-ethyl adjacent to an activating group) is 1. The second-order valence-electron chi connectivity index (χ2n) is 5.71. The molecule has 0 aliphatic carbocycles. The molecule has 1 heterocycles. The maximum absolute atomic E-state index is 11.8. The number of ether oxygens (including phenoxy) is 1.